The van der Waals surface area contributed by atoms with Crippen LogP contribution >= 0.6 is 22.7 Å². The van der Waals surface area contributed by atoms with E-state index in [1.165, 1.54) is 28.2 Å². The number of hydrogen-bond donors (Lipinski definition) is 1. The smallest absolute Gasteiger partial charge is 0.269 e. The van der Waals surface area contributed by atoms with Crippen molar-refractivity contribution in [1.29, 1.82) is 0 Å². The molecule has 0 unspecified atom stereocenters. The predicted molar refractivity (Wildman–Crippen MR) is 123 cm³/mol. The van der Waals surface area contributed by atoms with Gasteiger partial charge in [0.15, 0.2) is 10.1 Å². The molecule has 148 valence electrons. The summed E-state index contributed by atoms with van der Waals surface area (Å²) >= 11 is 2.81. The van der Waals surface area contributed by atoms with Gasteiger partial charge in [-0.15, -0.1) is 11.3 Å². The highest BCUT2D eigenvalue weighted by atomic mass is 32.1. The minimum Gasteiger partial charge on any atom is -0.297 e. The quantitative estimate of drug-likeness (QED) is 0.377. The summed E-state index contributed by atoms with van der Waals surface area (Å²) in [6.07, 6.45) is 1.98. The van der Waals surface area contributed by atoms with E-state index in [1.807, 2.05) is 65.4 Å². The van der Waals surface area contributed by atoms with Crippen molar-refractivity contribution in [3.8, 4) is 22.5 Å². The summed E-state index contributed by atoms with van der Waals surface area (Å²) in [6.45, 7) is 3.99. The minimum atomic E-state index is -0.158. The zero-order valence-corrected chi connectivity index (χ0v) is 18.1. The van der Waals surface area contributed by atoms with E-state index in [-0.39, 0.29) is 5.91 Å². The number of amides is 1. The molecule has 0 saturated carbocycles. The molecular formula is C23H18N4OS2. The zero-order valence-electron chi connectivity index (χ0n) is 16.4. The molecule has 5 aromatic rings. The van der Waals surface area contributed by atoms with Crippen molar-refractivity contribution in [2.24, 2.45) is 0 Å². The molecular weight excluding hydrogens is 412 g/mol. The third kappa shape index (κ3) is 3.42. The Hall–Kier alpha value is -3.29. The monoisotopic (exact) mass is 430 g/mol. The lowest BCUT2D eigenvalue weighted by molar-refractivity contribution is 0.102. The molecule has 0 fully saturated rings. The number of carbonyl (C=O) groups is 1. The lowest BCUT2D eigenvalue weighted by atomic mass is 10.1. The summed E-state index contributed by atoms with van der Waals surface area (Å²) in [7, 11) is 0. The summed E-state index contributed by atoms with van der Waals surface area (Å²) in [5, 5.41) is 5.48. The average Bonchev–Trinajstić information content (AvgIpc) is 3.46. The fourth-order valence-electron chi connectivity index (χ4n) is 3.25. The van der Waals surface area contributed by atoms with Crippen molar-refractivity contribution in [1.82, 2.24) is 14.4 Å². The van der Waals surface area contributed by atoms with Gasteiger partial charge in [0.05, 0.1) is 11.4 Å². The number of nitrogens with one attached hydrogen (secondary N) is 1. The Kier molecular flexibility index (Phi) is 4.69. The van der Waals surface area contributed by atoms with E-state index in [1.54, 1.807) is 0 Å². The zero-order chi connectivity index (χ0) is 20.7. The SMILES string of the molecule is Cc1ccc(-c2csc(NC(=O)c3sc4nc(-c5ccccc5)cn4c3C)n2)cc1. The Labute approximate surface area is 181 Å². The first-order valence-electron chi connectivity index (χ1n) is 9.46. The topological polar surface area (TPSA) is 59.3 Å². The molecule has 0 spiro atoms. The maximum Gasteiger partial charge on any atom is 0.269 e. The van der Waals surface area contributed by atoms with Crippen LogP contribution in [0.1, 0.15) is 20.9 Å². The van der Waals surface area contributed by atoms with Crippen molar-refractivity contribution in [2.45, 2.75) is 13.8 Å². The number of thiazole rings is 2. The number of imidazole rings is 1. The third-order valence-electron chi connectivity index (χ3n) is 4.90. The largest absolute Gasteiger partial charge is 0.297 e. The van der Waals surface area contributed by atoms with Gasteiger partial charge in [0.25, 0.3) is 5.91 Å². The highest BCUT2D eigenvalue weighted by Gasteiger charge is 2.19. The number of aromatic nitrogens is 3. The molecule has 5 rings (SSSR count). The Balaban J connectivity index is 1.38. The van der Waals surface area contributed by atoms with Gasteiger partial charge in [-0.1, -0.05) is 71.5 Å². The fourth-order valence-corrected chi connectivity index (χ4v) is 4.97. The molecule has 0 saturated heterocycles. The van der Waals surface area contributed by atoms with Crippen molar-refractivity contribution in [3.05, 3.63) is 82.3 Å². The normalized spacial score (nSPS) is 11.1. The Morgan fingerprint density at radius 2 is 1.67 bits per heavy atom. The van der Waals surface area contributed by atoms with Crippen molar-refractivity contribution in [2.75, 3.05) is 5.32 Å². The average molecular weight is 431 g/mol. The van der Waals surface area contributed by atoms with Crippen molar-refractivity contribution < 1.29 is 4.79 Å². The number of rotatable bonds is 4. The molecule has 3 aromatic heterocycles. The second-order valence-electron chi connectivity index (χ2n) is 7.02. The first-order valence-corrected chi connectivity index (χ1v) is 11.2. The van der Waals surface area contributed by atoms with Crippen LogP contribution in [0, 0.1) is 13.8 Å². The van der Waals surface area contributed by atoms with Crippen LogP contribution in [0.2, 0.25) is 0 Å². The van der Waals surface area contributed by atoms with Gasteiger partial charge < -0.3 is 0 Å². The lowest BCUT2D eigenvalue weighted by Gasteiger charge is -2.01. The predicted octanol–water partition coefficient (Wildman–Crippen LogP) is 6.06. The standard InChI is InChI=1S/C23H18N4OS2/c1-14-8-10-17(11-9-14)19-13-29-22(24-19)26-21(28)20-15(2)27-12-18(25-23(27)30-20)16-6-4-3-5-7-16/h3-13H,1-2H3,(H,24,26,28). The molecule has 7 heteroatoms. The van der Waals surface area contributed by atoms with E-state index in [4.69, 9.17) is 4.98 Å². The van der Waals surface area contributed by atoms with Crippen LogP contribution in [-0.2, 0) is 0 Å². The highest BCUT2D eigenvalue weighted by Crippen LogP contribution is 2.29. The number of hydrogen-bond acceptors (Lipinski definition) is 5. The van der Waals surface area contributed by atoms with Crippen molar-refractivity contribution in [3.63, 3.8) is 0 Å². The van der Waals surface area contributed by atoms with Gasteiger partial charge >= 0.3 is 0 Å². The lowest BCUT2D eigenvalue weighted by Crippen LogP contribution is -2.11. The van der Waals surface area contributed by atoms with Crippen LogP contribution in [0.3, 0.4) is 0 Å². The van der Waals surface area contributed by atoms with Crippen molar-refractivity contribution >= 4 is 38.7 Å². The van der Waals surface area contributed by atoms with Crippen LogP contribution in [0.4, 0.5) is 5.13 Å². The maximum absolute atomic E-state index is 12.9. The van der Waals surface area contributed by atoms with Gasteiger partial charge in [-0.2, -0.15) is 0 Å². The fraction of sp³-hybridized carbons (Fsp3) is 0.0870. The first kappa shape index (κ1) is 18.7. The Morgan fingerprint density at radius 3 is 2.40 bits per heavy atom. The van der Waals surface area contributed by atoms with Gasteiger partial charge in [-0.3, -0.25) is 14.5 Å². The van der Waals surface area contributed by atoms with E-state index in [0.717, 1.165) is 33.2 Å². The third-order valence-corrected chi connectivity index (χ3v) is 6.82. The molecule has 30 heavy (non-hydrogen) atoms. The second kappa shape index (κ2) is 7.51. The van der Waals surface area contributed by atoms with Gasteiger partial charge in [-0.05, 0) is 13.8 Å². The van der Waals surface area contributed by atoms with Gasteiger partial charge in [-0.25, -0.2) is 9.97 Å². The number of carbonyl (C=O) groups excluding carboxylic acids is 1. The molecule has 0 aliphatic rings. The van der Waals surface area contributed by atoms with Crippen LogP contribution in [0.25, 0.3) is 27.5 Å². The van der Waals surface area contributed by atoms with E-state index < -0.39 is 0 Å². The molecule has 3 heterocycles. The summed E-state index contributed by atoms with van der Waals surface area (Å²) in [4.78, 5) is 23.6. The van der Waals surface area contributed by atoms with E-state index in [2.05, 4.69) is 29.4 Å². The Bertz CT molecular complexity index is 1350. The van der Waals surface area contributed by atoms with Gasteiger partial charge in [0.2, 0.25) is 0 Å². The number of fused-ring (bicyclic) bond motifs is 1. The summed E-state index contributed by atoms with van der Waals surface area (Å²) in [5.41, 5.74) is 5.94. The highest BCUT2D eigenvalue weighted by molar-refractivity contribution is 7.19. The molecule has 2 aromatic carbocycles. The molecule has 1 amide bonds. The summed E-state index contributed by atoms with van der Waals surface area (Å²) in [5.74, 6) is -0.158. The number of aryl methyl sites for hydroxylation is 2. The molecule has 0 bridgehead atoms. The maximum atomic E-state index is 12.9. The number of benzene rings is 2. The van der Waals surface area contributed by atoms with E-state index >= 15 is 0 Å². The van der Waals surface area contributed by atoms with E-state index in [0.29, 0.717) is 10.0 Å². The Morgan fingerprint density at radius 1 is 0.933 bits per heavy atom. The molecule has 0 aliphatic heterocycles. The van der Waals surface area contributed by atoms with E-state index in [9.17, 15) is 4.79 Å². The summed E-state index contributed by atoms with van der Waals surface area (Å²) in [6, 6.07) is 18.2. The van der Waals surface area contributed by atoms with Crippen LogP contribution in [0.15, 0.2) is 66.2 Å². The first-order chi connectivity index (χ1) is 14.6. The summed E-state index contributed by atoms with van der Waals surface area (Å²) < 4.78 is 1.97. The second-order valence-corrected chi connectivity index (χ2v) is 8.86. The molecule has 0 aliphatic carbocycles. The number of nitrogens with zero attached hydrogens (tertiary/aromatic N) is 3. The molecule has 0 radical (unpaired) electrons. The molecule has 1 N–H and O–H groups in total. The van der Waals surface area contributed by atoms with Gasteiger partial charge in [0, 0.05) is 28.4 Å². The van der Waals surface area contributed by atoms with Gasteiger partial charge in [0.1, 0.15) is 4.88 Å². The van der Waals surface area contributed by atoms with Crippen LogP contribution in [0.5, 0.6) is 0 Å². The van der Waals surface area contributed by atoms with Crippen LogP contribution in [-0.4, -0.2) is 20.3 Å². The minimum absolute atomic E-state index is 0.158. The molecule has 0 atom stereocenters. The molecule has 5 nitrogen and oxygen atoms in total. The number of anilines is 1. The van der Waals surface area contributed by atoms with Crippen LogP contribution < -0.4 is 5.32 Å².